The molecule has 19 nitrogen and oxygen atoms in total. The standard InChI is InChI=1S/C40H54N8O11/c1-24(2)35(46-32(51)23-58-22-31(50)43-28-13-8-26(9-14-28)12-17-33(52)48-20-18-34(48)53)37(55)45-30(7-6-19-42-38(41)56)36(54)44-29-15-10-27(11-16-29)21-59-39(57)47-40(4,5)25(3)49/h8-11,13-16,24,30,35H,6-7,12,17-23H2,1-5H3,(H,43,50)(H,44,54)(H,45,55)(H,46,51)(H,47,57)(H3,41,42,56)/t30-,35-/m0/s1. The molecule has 0 aliphatic carbocycles. The zero-order chi connectivity index (χ0) is 43.7. The number of nitrogens with zero attached hydrogens (tertiary/aromatic N) is 1. The second kappa shape index (κ2) is 22.5. The number of rotatable bonds is 22. The largest absolute Gasteiger partial charge is 0.445 e. The van der Waals surface area contributed by atoms with E-state index < -0.39 is 72.5 Å². The van der Waals surface area contributed by atoms with Crippen molar-refractivity contribution < 1.29 is 52.6 Å². The van der Waals surface area contributed by atoms with Crippen molar-refractivity contribution in [3.8, 4) is 0 Å². The molecular formula is C40H54N8O11. The van der Waals surface area contributed by atoms with Gasteiger partial charge in [-0.3, -0.25) is 38.5 Å². The maximum atomic E-state index is 13.5. The van der Waals surface area contributed by atoms with Crippen LogP contribution >= 0.6 is 0 Å². The summed E-state index contributed by atoms with van der Waals surface area (Å²) in [6, 6.07) is 10.2. The Hall–Kier alpha value is -6.37. The van der Waals surface area contributed by atoms with Gasteiger partial charge < -0.3 is 47.1 Å². The molecule has 1 aliphatic heterocycles. The average Bonchev–Trinajstić information content (AvgIpc) is 3.16. The van der Waals surface area contributed by atoms with Crippen molar-refractivity contribution in [3.05, 3.63) is 59.7 Å². The fourth-order valence-corrected chi connectivity index (χ4v) is 5.39. The van der Waals surface area contributed by atoms with Crippen molar-refractivity contribution in [3.63, 3.8) is 0 Å². The average molecular weight is 823 g/mol. The third-order valence-corrected chi connectivity index (χ3v) is 9.24. The summed E-state index contributed by atoms with van der Waals surface area (Å²) in [6.45, 7) is 7.33. The van der Waals surface area contributed by atoms with Crippen LogP contribution in [0.2, 0.25) is 0 Å². The molecule has 19 heteroatoms. The molecule has 2 atom stereocenters. The van der Waals surface area contributed by atoms with Gasteiger partial charge in [0.25, 0.3) is 0 Å². The maximum absolute atomic E-state index is 13.5. The second-order valence-corrected chi connectivity index (χ2v) is 14.8. The number of carbonyl (C=O) groups is 9. The fourth-order valence-electron chi connectivity index (χ4n) is 5.39. The number of likely N-dealkylation sites (tertiary alicyclic amines) is 1. The minimum Gasteiger partial charge on any atom is -0.445 e. The van der Waals surface area contributed by atoms with E-state index in [1.807, 2.05) is 0 Å². The number of nitrogens with two attached hydrogens (primary N) is 1. The summed E-state index contributed by atoms with van der Waals surface area (Å²) in [4.78, 5) is 112. The molecule has 1 fully saturated rings. The molecule has 1 saturated heterocycles. The Morgan fingerprint density at radius 2 is 1.44 bits per heavy atom. The zero-order valence-corrected chi connectivity index (χ0v) is 33.9. The van der Waals surface area contributed by atoms with Crippen LogP contribution in [0.25, 0.3) is 0 Å². The van der Waals surface area contributed by atoms with E-state index in [2.05, 4.69) is 31.9 Å². The van der Waals surface area contributed by atoms with Gasteiger partial charge in [-0.25, -0.2) is 9.59 Å². The van der Waals surface area contributed by atoms with E-state index in [0.29, 0.717) is 36.3 Å². The van der Waals surface area contributed by atoms with Gasteiger partial charge >= 0.3 is 12.1 Å². The van der Waals surface area contributed by atoms with Gasteiger partial charge in [-0.1, -0.05) is 38.1 Å². The minimum absolute atomic E-state index is 0.0930. The van der Waals surface area contributed by atoms with Crippen LogP contribution in [0, 0.1) is 5.92 Å². The first-order chi connectivity index (χ1) is 27.8. The van der Waals surface area contributed by atoms with E-state index >= 15 is 0 Å². The highest BCUT2D eigenvalue weighted by Crippen LogP contribution is 2.16. The third-order valence-electron chi connectivity index (χ3n) is 9.24. The first kappa shape index (κ1) is 47.0. The SMILES string of the molecule is CC(=O)C(C)(C)NC(=O)OCc1ccc(NC(=O)[C@H](CCCNC(N)=O)NC(=O)[C@@H](NC(=O)COCC(=O)Nc2ccc(CCC(=O)N3CCC3=O)cc2)C(C)C)cc1. The Balaban J connectivity index is 1.49. The molecule has 0 aromatic heterocycles. The van der Waals surface area contributed by atoms with Crippen LogP contribution in [0.1, 0.15) is 71.4 Å². The smallest absolute Gasteiger partial charge is 0.408 e. The molecule has 2 aromatic carbocycles. The number of aryl methyl sites for hydroxylation is 1. The van der Waals surface area contributed by atoms with Crippen molar-refractivity contribution in [2.45, 2.75) is 91.0 Å². The van der Waals surface area contributed by atoms with Gasteiger partial charge in [0.1, 0.15) is 31.9 Å². The molecule has 59 heavy (non-hydrogen) atoms. The van der Waals surface area contributed by atoms with Gasteiger partial charge in [0.2, 0.25) is 35.4 Å². The number of imide groups is 1. The Labute approximate surface area is 342 Å². The lowest BCUT2D eigenvalue weighted by Crippen LogP contribution is -2.55. The summed E-state index contributed by atoms with van der Waals surface area (Å²) in [7, 11) is 0. The monoisotopic (exact) mass is 822 g/mol. The zero-order valence-electron chi connectivity index (χ0n) is 33.9. The van der Waals surface area contributed by atoms with Gasteiger partial charge in [-0.2, -0.15) is 0 Å². The number of primary amides is 1. The Bertz CT molecular complexity index is 1850. The second-order valence-electron chi connectivity index (χ2n) is 14.8. The molecule has 3 rings (SSSR count). The molecule has 8 N–H and O–H groups in total. The number of amides is 9. The number of benzene rings is 2. The van der Waals surface area contributed by atoms with E-state index in [1.54, 1.807) is 76.2 Å². The van der Waals surface area contributed by atoms with Crippen LogP contribution in [-0.4, -0.2) is 102 Å². The van der Waals surface area contributed by atoms with Crippen molar-refractivity contribution in [2.24, 2.45) is 11.7 Å². The highest BCUT2D eigenvalue weighted by Gasteiger charge is 2.30. The molecule has 320 valence electrons. The molecule has 2 aromatic rings. The van der Waals surface area contributed by atoms with Crippen molar-refractivity contribution >= 4 is 64.7 Å². The number of alkyl carbamates (subject to hydrolysis) is 1. The number of β-lactam (4-membered cyclic amide) rings is 1. The van der Waals surface area contributed by atoms with E-state index in [4.69, 9.17) is 15.2 Å². The van der Waals surface area contributed by atoms with Crippen LogP contribution < -0.4 is 37.6 Å². The summed E-state index contributed by atoms with van der Waals surface area (Å²) in [5.41, 5.74) is 6.34. The molecule has 0 unspecified atom stereocenters. The molecular weight excluding hydrogens is 768 g/mol. The van der Waals surface area contributed by atoms with Crippen LogP contribution in [0.15, 0.2) is 48.5 Å². The maximum Gasteiger partial charge on any atom is 0.408 e. The number of ether oxygens (including phenoxy) is 2. The topological polar surface area (TPSA) is 274 Å². The van der Waals surface area contributed by atoms with Crippen LogP contribution in [-0.2, 0) is 56.1 Å². The van der Waals surface area contributed by atoms with Gasteiger partial charge in [-0.05, 0) is 81.3 Å². The summed E-state index contributed by atoms with van der Waals surface area (Å²) < 4.78 is 10.5. The number of hydrogen-bond donors (Lipinski definition) is 7. The molecule has 1 heterocycles. The first-order valence-corrected chi connectivity index (χ1v) is 19.1. The van der Waals surface area contributed by atoms with Gasteiger partial charge in [0.05, 0.1) is 5.54 Å². The van der Waals surface area contributed by atoms with Crippen molar-refractivity contribution in [1.82, 2.24) is 26.2 Å². The van der Waals surface area contributed by atoms with E-state index in [9.17, 15) is 43.2 Å². The molecule has 0 spiro atoms. The minimum atomic E-state index is -1.10. The Morgan fingerprint density at radius 1 is 0.831 bits per heavy atom. The third kappa shape index (κ3) is 16.2. The Kier molecular flexibility index (Phi) is 18.0. The van der Waals surface area contributed by atoms with Crippen LogP contribution in [0.4, 0.5) is 21.0 Å². The number of urea groups is 1. The summed E-state index contributed by atoms with van der Waals surface area (Å²) in [5.74, 6) is -3.50. The van der Waals surface area contributed by atoms with Gasteiger partial charge in [0, 0.05) is 37.3 Å². The van der Waals surface area contributed by atoms with E-state index in [-0.39, 0.29) is 50.0 Å². The van der Waals surface area contributed by atoms with Crippen molar-refractivity contribution in [2.75, 3.05) is 36.9 Å². The predicted octanol–water partition coefficient (Wildman–Crippen LogP) is 1.64. The summed E-state index contributed by atoms with van der Waals surface area (Å²) >= 11 is 0. The molecule has 0 saturated carbocycles. The molecule has 0 radical (unpaired) electrons. The molecule has 9 amide bonds. The predicted molar refractivity (Wildman–Crippen MR) is 214 cm³/mol. The first-order valence-electron chi connectivity index (χ1n) is 19.1. The van der Waals surface area contributed by atoms with E-state index in [0.717, 1.165) is 5.56 Å². The lowest BCUT2D eigenvalue weighted by molar-refractivity contribution is -0.152. The number of carbonyl (C=O) groups excluding carboxylic acids is 9. The lowest BCUT2D eigenvalue weighted by atomic mass is 10.0. The van der Waals surface area contributed by atoms with Crippen LogP contribution in [0.3, 0.4) is 0 Å². The summed E-state index contributed by atoms with van der Waals surface area (Å²) in [5, 5.41) is 15.6. The number of anilines is 2. The quantitative estimate of drug-likeness (QED) is 0.0663. The highest BCUT2D eigenvalue weighted by atomic mass is 16.5. The van der Waals surface area contributed by atoms with Gasteiger partial charge in [-0.15, -0.1) is 0 Å². The number of hydrogen-bond acceptors (Lipinski definition) is 11. The normalized spacial score (nSPS) is 13.3. The van der Waals surface area contributed by atoms with E-state index in [1.165, 1.54) is 11.8 Å². The van der Waals surface area contributed by atoms with Crippen molar-refractivity contribution in [1.29, 1.82) is 0 Å². The molecule has 1 aliphatic rings. The van der Waals surface area contributed by atoms with Crippen LogP contribution in [0.5, 0.6) is 0 Å². The number of ketones is 1. The van der Waals surface area contributed by atoms with Gasteiger partial charge in [0.15, 0.2) is 5.78 Å². The molecule has 0 bridgehead atoms. The lowest BCUT2D eigenvalue weighted by Gasteiger charge is -2.28. The number of Topliss-reactive ketones (excluding diaryl/α,β-unsaturated/α-hetero) is 1. The summed E-state index contributed by atoms with van der Waals surface area (Å²) in [6.07, 6.45) is 0.609. The number of nitrogens with one attached hydrogen (secondary N) is 6. The Morgan fingerprint density at radius 3 is 2.00 bits per heavy atom. The fraction of sp³-hybridized carbons (Fsp3) is 0.475. The highest BCUT2D eigenvalue weighted by molar-refractivity contribution is 6.00.